The minimum Gasteiger partial charge on any atom is -0.476 e. The van der Waals surface area contributed by atoms with Crippen molar-refractivity contribution in [2.75, 3.05) is 0 Å². The van der Waals surface area contributed by atoms with Crippen molar-refractivity contribution in [2.24, 2.45) is 0 Å². The molecule has 2 heterocycles. The van der Waals surface area contributed by atoms with E-state index >= 15 is 0 Å². The Hall–Kier alpha value is -2.24. The molecule has 0 amide bonds. The molecule has 0 saturated carbocycles. The molecule has 0 bridgehead atoms. The molecule has 17 heavy (non-hydrogen) atoms. The van der Waals surface area contributed by atoms with Gasteiger partial charge in [-0.2, -0.15) is 0 Å². The monoisotopic (exact) mass is 232 g/mol. The van der Waals surface area contributed by atoms with Gasteiger partial charge in [-0.25, -0.2) is 9.48 Å². The Kier molecular flexibility index (Phi) is 3.13. The molecule has 2 rings (SSSR count). The molecule has 0 aliphatic heterocycles. The first-order valence-electron chi connectivity index (χ1n) is 5.21. The third-order valence-corrected chi connectivity index (χ3v) is 2.55. The van der Waals surface area contributed by atoms with E-state index in [1.165, 1.54) is 0 Å². The first-order chi connectivity index (χ1) is 8.18. The molecule has 0 fully saturated rings. The molecule has 0 aliphatic carbocycles. The first kappa shape index (κ1) is 11.3. The number of hydrogen-bond donors (Lipinski definition) is 1. The molecule has 6 nitrogen and oxygen atoms in total. The SMILES string of the molecule is Cc1c(C(=O)O)nnn1CCc1ccncc1. The highest BCUT2D eigenvalue weighted by atomic mass is 16.4. The van der Waals surface area contributed by atoms with Crippen LogP contribution in [-0.2, 0) is 13.0 Å². The van der Waals surface area contributed by atoms with Crippen LogP contribution in [0.2, 0.25) is 0 Å². The Morgan fingerprint density at radius 3 is 2.71 bits per heavy atom. The Bertz CT molecular complexity index is 522. The molecule has 1 N–H and O–H groups in total. The predicted octanol–water partition coefficient (Wildman–Crippen LogP) is 0.922. The number of carboxylic acids is 1. The Labute approximate surface area is 97.9 Å². The number of nitrogens with zero attached hydrogens (tertiary/aromatic N) is 4. The zero-order valence-electron chi connectivity index (χ0n) is 9.37. The number of carboxylic acid groups (broad SMARTS) is 1. The van der Waals surface area contributed by atoms with Gasteiger partial charge in [-0.15, -0.1) is 5.10 Å². The number of pyridine rings is 1. The number of hydrogen-bond acceptors (Lipinski definition) is 4. The van der Waals surface area contributed by atoms with E-state index in [1.54, 1.807) is 24.0 Å². The number of rotatable bonds is 4. The van der Waals surface area contributed by atoms with Gasteiger partial charge in [0.15, 0.2) is 5.69 Å². The highest BCUT2D eigenvalue weighted by Gasteiger charge is 2.14. The topological polar surface area (TPSA) is 80.9 Å². The smallest absolute Gasteiger partial charge is 0.358 e. The molecule has 2 aromatic rings. The lowest BCUT2D eigenvalue weighted by atomic mass is 10.2. The molecule has 0 radical (unpaired) electrons. The number of aromatic carboxylic acids is 1. The van der Waals surface area contributed by atoms with Crippen LogP contribution in [-0.4, -0.2) is 31.1 Å². The molecule has 6 heteroatoms. The van der Waals surface area contributed by atoms with E-state index in [2.05, 4.69) is 15.3 Å². The van der Waals surface area contributed by atoms with Gasteiger partial charge < -0.3 is 5.11 Å². The molecule has 0 spiro atoms. The first-order valence-corrected chi connectivity index (χ1v) is 5.21. The molecule has 0 unspecified atom stereocenters. The largest absolute Gasteiger partial charge is 0.476 e. The molecule has 88 valence electrons. The van der Waals surface area contributed by atoms with Crippen LogP contribution < -0.4 is 0 Å². The van der Waals surface area contributed by atoms with Crippen LogP contribution in [0.5, 0.6) is 0 Å². The van der Waals surface area contributed by atoms with Gasteiger partial charge in [-0.1, -0.05) is 5.21 Å². The molecular formula is C11H12N4O2. The fourth-order valence-corrected chi connectivity index (χ4v) is 1.55. The Morgan fingerprint density at radius 2 is 2.12 bits per heavy atom. The quantitative estimate of drug-likeness (QED) is 0.847. The predicted molar refractivity (Wildman–Crippen MR) is 59.7 cm³/mol. The summed E-state index contributed by atoms with van der Waals surface area (Å²) >= 11 is 0. The Balaban J connectivity index is 2.07. The maximum Gasteiger partial charge on any atom is 0.358 e. The second kappa shape index (κ2) is 4.73. The van der Waals surface area contributed by atoms with Crippen LogP contribution in [0.25, 0.3) is 0 Å². The molecule has 0 atom stereocenters. The van der Waals surface area contributed by atoms with Gasteiger partial charge in [0.1, 0.15) is 0 Å². The van der Waals surface area contributed by atoms with Crippen molar-refractivity contribution in [3.63, 3.8) is 0 Å². The van der Waals surface area contributed by atoms with Crippen molar-refractivity contribution in [1.82, 2.24) is 20.0 Å². The average molecular weight is 232 g/mol. The van der Waals surface area contributed by atoms with Crippen LogP contribution >= 0.6 is 0 Å². The standard InChI is InChI=1S/C11H12N4O2/c1-8-10(11(16)17)13-14-15(8)7-4-9-2-5-12-6-3-9/h2-3,5-6H,4,7H2,1H3,(H,16,17). The zero-order chi connectivity index (χ0) is 12.3. The summed E-state index contributed by atoms with van der Waals surface area (Å²) in [5, 5.41) is 16.3. The Morgan fingerprint density at radius 1 is 1.41 bits per heavy atom. The summed E-state index contributed by atoms with van der Waals surface area (Å²) in [6.45, 7) is 2.31. The minimum atomic E-state index is -1.04. The fraction of sp³-hybridized carbons (Fsp3) is 0.273. The highest BCUT2D eigenvalue weighted by molar-refractivity contribution is 5.86. The average Bonchev–Trinajstić information content (AvgIpc) is 2.69. The van der Waals surface area contributed by atoms with Crippen LogP contribution in [0, 0.1) is 6.92 Å². The third kappa shape index (κ3) is 2.47. The van der Waals surface area contributed by atoms with Crippen LogP contribution in [0.15, 0.2) is 24.5 Å². The lowest BCUT2D eigenvalue weighted by molar-refractivity contribution is 0.0689. The second-order valence-electron chi connectivity index (χ2n) is 3.66. The summed E-state index contributed by atoms with van der Waals surface area (Å²) < 4.78 is 1.60. The van der Waals surface area contributed by atoms with Gasteiger partial charge in [-0.3, -0.25) is 4.98 Å². The summed E-state index contributed by atoms with van der Waals surface area (Å²) in [6.07, 6.45) is 4.23. The molecular weight excluding hydrogens is 220 g/mol. The van der Waals surface area contributed by atoms with Gasteiger partial charge in [-0.05, 0) is 31.0 Å². The van der Waals surface area contributed by atoms with E-state index in [9.17, 15) is 4.79 Å². The number of carbonyl (C=O) groups is 1. The van der Waals surface area contributed by atoms with Crippen molar-refractivity contribution < 1.29 is 9.90 Å². The van der Waals surface area contributed by atoms with E-state index in [0.29, 0.717) is 12.2 Å². The van der Waals surface area contributed by atoms with Crippen molar-refractivity contribution in [3.05, 3.63) is 41.5 Å². The van der Waals surface area contributed by atoms with Crippen LogP contribution in [0.4, 0.5) is 0 Å². The van der Waals surface area contributed by atoms with Gasteiger partial charge in [0, 0.05) is 18.9 Å². The van der Waals surface area contributed by atoms with E-state index in [0.717, 1.165) is 12.0 Å². The molecule has 0 aromatic carbocycles. The van der Waals surface area contributed by atoms with E-state index in [4.69, 9.17) is 5.11 Å². The second-order valence-corrected chi connectivity index (χ2v) is 3.66. The van der Waals surface area contributed by atoms with Gasteiger partial charge in [0.05, 0.1) is 5.69 Å². The molecule has 0 saturated heterocycles. The van der Waals surface area contributed by atoms with Crippen molar-refractivity contribution in [3.8, 4) is 0 Å². The van der Waals surface area contributed by atoms with Crippen molar-refractivity contribution in [2.45, 2.75) is 19.9 Å². The summed E-state index contributed by atoms with van der Waals surface area (Å²) in [7, 11) is 0. The minimum absolute atomic E-state index is 0.0136. The van der Waals surface area contributed by atoms with Gasteiger partial charge in [0.25, 0.3) is 0 Å². The van der Waals surface area contributed by atoms with E-state index in [1.807, 2.05) is 12.1 Å². The highest BCUT2D eigenvalue weighted by Crippen LogP contribution is 2.06. The molecule has 2 aromatic heterocycles. The lowest BCUT2D eigenvalue weighted by Crippen LogP contribution is -2.06. The maximum absolute atomic E-state index is 10.8. The number of aryl methyl sites for hydroxylation is 2. The van der Waals surface area contributed by atoms with E-state index < -0.39 is 5.97 Å². The van der Waals surface area contributed by atoms with Crippen LogP contribution in [0.1, 0.15) is 21.7 Å². The maximum atomic E-state index is 10.8. The third-order valence-electron chi connectivity index (χ3n) is 2.55. The number of aromatic nitrogens is 4. The van der Waals surface area contributed by atoms with Gasteiger partial charge in [0.2, 0.25) is 0 Å². The fourth-order valence-electron chi connectivity index (χ4n) is 1.55. The van der Waals surface area contributed by atoms with E-state index in [-0.39, 0.29) is 5.69 Å². The van der Waals surface area contributed by atoms with Gasteiger partial charge >= 0.3 is 5.97 Å². The molecule has 0 aliphatic rings. The van der Waals surface area contributed by atoms with Crippen molar-refractivity contribution >= 4 is 5.97 Å². The normalized spacial score (nSPS) is 10.4. The zero-order valence-corrected chi connectivity index (χ0v) is 9.37. The summed E-state index contributed by atoms with van der Waals surface area (Å²) in [4.78, 5) is 14.7. The summed E-state index contributed by atoms with van der Waals surface area (Å²) in [6, 6.07) is 3.84. The van der Waals surface area contributed by atoms with Crippen LogP contribution in [0.3, 0.4) is 0 Å². The van der Waals surface area contributed by atoms with Crippen molar-refractivity contribution in [1.29, 1.82) is 0 Å². The summed E-state index contributed by atoms with van der Waals surface area (Å²) in [5.41, 5.74) is 1.72. The lowest BCUT2D eigenvalue weighted by Gasteiger charge is -2.03. The summed E-state index contributed by atoms with van der Waals surface area (Å²) in [5.74, 6) is -1.04.